The van der Waals surface area contributed by atoms with Gasteiger partial charge < -0.3 is 5.11 Å². The van der Waals surface area contributed by atoms with Crippen LogP contribution in [0.3, 0.4) is 0 Å². The first-order valence-electron chi connectivity index (χ1n) is 5.63. The van der Waals surface area contributed by atoms with Crippen LogP contribution in [0.5, 0.6) is 5.75 Å². The highest BCUT2D eigenvalue weighted by Crippen LogP contribution is 2.14. The second-order valence-electron chi connectivity index (χ2n) is 4.12. The maximum atomic E-state index is 11.9. The van der Waals surface area contributed by atoms with Crippen molar-refractivity contribution in [1.29, 1.82) is 0 Å². The Bertz CT molecular complexity index is 704. The molecule has 0 aliphatic heterocycles. The summed E-state index contributed by atoms with van der Waals surface area (Å²) in [6.45, 7) is 1.88. The minimum absolute atomic E-state index is 0.0664. The maximum absolute atomic E-state index is 11.9. The second kappa shape index (κ2) is 5.24. The second-order valence-corrected chi connectivity index (χ2v) is 5.75. The predicted molar refractivity (Wildman–Crippen MR) is 74.1 cm³/mol. The quantitative estimate of drug-likeness (QED) is 0.875. The smallest absolute Gasteiger partial charge is 0.282 e. The number of benzene rings is 2. The number of hydrogen-bond donors (Lipinski definition) is 1. The lowest BCUT2D eigenvalue weighted by Crippen LogP contribution is -1.97. The molecule has 19 heavy (non-hydrogen) atoms. The van der Waals surface area contributed by atoms with Crippen molar-refractivity contribution in [2.45, 2.75) is 11.8 Å². The van der Waals surface area contributed by atoms with Crippen LogP contribution < -0.4 is 0 Å². The molecule has 0 spiro atoms. The molecule has 0 unspecified atom stereocenters. The fourth-order valence-corrected chi connectivity index (χ4v) is 2.37. The van der Waals surface area contributed by atoms with Crippen LogP contribution in [0.25, 0.3) is 0 Å². The van der Waals surface area contributed by atoms with Crippen molar-refractivity contribution in [3.8, 4) is 5.75 Å². The van der Waals surface area contributed by atoms with Crippen LogP contribution in [0, 0.1) is 6.92 Å². The summed E-state index contributed by atoms with van der Waals surface area (Å²) >= 11 is 0. The monoisotopic (exact) mass is 275 g/mol. The number of hydrogen-bond acceptors (Lipinski definition) is 3. The molecule has 2 aromatic rings. The predicted octanol–water partition coefficient (Wildman–Crippen LogP) is 2.51. The molecule has 0 aliphatic carbocycles. The van der Waals surface area contributed by atoms with Crippen LogP contribution in [0.1, 0.15) is 11.1 Å². The molecule has 2 rings (SSSR count). The summed E-state index contributed by atoms with van der Waals surface area (Å²) in [5.74, 6) is 0.0664. The zero-order chi connectivity index (χ0) is 13.9. The van der Waals surface area contributed by atoms with Crippen molar-refractivity contribution in [3.63, 3.8) is 0 Å². The van der Waals surface area contributed by atoms with Crippen molar-refractivity contribution >= 4 is 16.2 Å². The van der Waals surface area contributed by atoms with Crippen molar-refractivity contribution in [1.82, 2.24) is 0 Å². The Morgan fingerprint density at radius 2 is 1.79 bits per heavy atom. The summed E-state index contributed by atoms with van der Waals surface area (Å²) in [4.78, 5) is 0.148. The van der Waals surface area contributed by atoms with Gasteiger partial charge in [-0.1, -0.05) is 29.8 Å². The lowest BCUT2D eigenvalue weighted by atomic mass is 10.2. The molecule has 0 amide bonds. The van der Waals surface area contributed by atoms with Crippen LogP contribution in [-0.2, 0) is 10.0 Å². The minimum atomic E-state index is -3.70. The van der Waals surface area contributed by atoms with Crippen molar-refractivity contribution < 1.29 is 13.5 Å². The van der Waals surface area contributed by atoms with Gasteiger partial charge in [0.15, 0.2) is 0 Å². The van der Waals surface area contributed by atoms with Gasteiger partial charge in [-0.15, -0.1) is 0 Å². The molecule has 0 aromatic heterocycles. The minimum Gasteiger partial charge on any atom is -0.508 e. The third kappa shape index (κ3) is 3.42. The Morgan fingerprint density at radius 1 is 1.11 bits per heavy atom. The fraction of sp³-hybridized carbons (Fsp3) is 0.0714. The number of phenolic OH excluding ortho intramolecular Hbond substituents is 1. The first kappa shape index (κ1) is 13.3. The van der Waals surface area contributed by atoms with Crippen molar-refractivity contribution in [2.24, 2.45) is 4.40 Å². The molecular weight excluding hydrogens is 262 g/mol. The average molecular weight is 275 g/mol. The van der Waals surface area contributed by atoms with E-state index in [1.165, 1.54) is 30.5 Å². The number of sulfonamides is 1. The van der Waals surface area contributed by atoms with E-state index < -0.39 is 10.0 Å². The largest absolute Gasteiger partial charge is 0.508 e. The first-order chi connectivity index (χ1) is 8.97. The first-order valence-corrected chi connectivity index (χ1v) is 7.07. The number of phenols is 1. The van der Waals surface area contributed by atoms with E-state index in [1.807, 2.05) is 6.92 Å². The van der Waals surface area contributed by atoms with E-state index in [9.17, 15) is 13.5 Å². The van der Waals surface area contributed by atoms with E-state index in [2.05, 4.69) is 4.40 Å². The van der Waals surface area contributed by atoms with Gasteiger partial charge in [-0.05, 0) is 36.8 Å². The molecule has 0 saturated carbocycles. The number of aromatic hydroxyl groups is 1. The molecule has 4 nitrogen and oxygen atoms in total. The standard InChI is InChI=1S/C14H13NO3S/c1-11-5-7-14(8-6-11)19(17,18)15-10-12-3-2-4-13(16)9-12/h2-10,16H,1H3/b15-10+. The summed E-state index contributed by atoms with van der Waals surface area (Å²) in [6, 6.07) is 12.7. The van der Waals surface area contributed by atoms with Gasteiger partial charge in [0.1, 0.15) is 5.75 Å². The van der Waals surface area contributed by atoms with Gasteiger partial charge in [0.2, 0.25) is 0 Å². The Balaban J connectivity index is 2.29. The van der Waals surface area contributed by atoms with E-state index in [1.54, 1.807) is 24.3 Å². The van der Waals surface area contributed by atoms with Gasteiger partial charge >= 0.3 is 0 Å². The Kier molecular flexibility index (Phi) is 3.66. The molecule has 0 fully saturated rings. The summed E-state index contributed by atoms with van der Waals surface area (Å²) < 4.78 is 27.5. The van der Waals surface area contributed by atoms with E-state index in [0.29, 0.717) is 5.56 Å². The molecule has 1 N–H and O–H groups in total. The number of rotatable bonds is 3. The maximum Gasteiger partial charge on any atom is 0.282 e. The molecule has 0 atom stereocenters. The van der Waals surface area contributed by atoms with Crippen LogP contribution >= 0.6 is 0 Å². The number of aryl methyl sites for hydroxylation is 1. The molecule has 0 aliphatic rings. The summed E-state index contributed by atoms with van der Waals surface area (Å²) in [5.41, 5.74) is 1.51. The highest BCUT2D eigenvalue weighted by atomic mass is 32.2. The lowest BCUT2D eigenvalue weighted by Gasteiger charge is -1.99. The Hall–Kier alpha value is -2.14. The highest BCUT2D eigenvalue weighted by Gasteiger charge is 2.10. The van der Waals surface area contributed by atoms with E-state index in [-0.39, 0.29) is 10.6 Å². The summed E-state index contributed by atoms with van der Waals surface area (Å²) in [7, 11) is -3.70. The number of nitrogens with zero attached hydrogens (tertiary/aromatic N) is 1. The van der Waals surface area contributed by atoms with E-state index in [0.717, 1.165) is 5.56 Å². The normalized spacial score (nSPS) is 11.8. The molecule has 0 saturated heterocycles. The van der Waals surface area contributed by atoms with Crippen LogP contribution in [0.2, 0.25) is 0 Å². The molecule has 5 heteroatoms. The molecule has 2 aromatic carbocycles. The van der Waals surface area contributed by atoms with Gasteiger partial charge in [-0.3, -0.25) is 0 Å². The molecule has 0 radical (unpaired) electrons. The summed E-state index contributed by atoms with van der Waals surface area (Å²) in [5, 5.41) is 9.28. The van der Waals surface area contributed by atoms with E-state index >= 15 is 0 Å². The third-order valence-electron chi connectivity index (χ3n) is 2.53. The molecule has 0 bridgehead atoms. The molecule has 0 heterocycles. The van der Waals surface area contributed by atoms with Crippen molar-refractivity contribution in [2.75, 3.05) is 0 Å². The molecular formula is C14H13NO3S. The van der Waals surface area contributed by atoms with Gasteiger partial charge in [0, 0.05) is 6.21 Å². The molecule has 98 valence electrons. The highest BCUT2D eigenvalue weighted by molar-refractivity contribution is 7.90. The zero-order valence-electron chi connectivity index (χ0n) is 10.3. The average Bonchev–Trinajstić information content (AvgIpc) is 2.37. The lowest BCUT2D eigenvalue weighted by molar-refractivity contribution is 0.475. The van der Waals surface area contributed by atoms with Crippen molar-refractivity contribution in [3.05, 3.63) is 59.7 Å². The van der Waals surface area contributed by atoms with Gasteiger partial charge in [-0.25, -0.2) is 0 Å². The van der Waals surface area contributed by atoms with Gasteiger partial charge in [-0.2, -0.15) is 12.8 Å². The van der Waals surface area contributed by atoms with Gasteiger partial charge in [0.05, 0.1) is 4.90 Å². The zero-order valence-corrected chi connectivity index (χ0v) is 11.1. The Morgan fingerprint density at radius 3 is 2.42 bits per heavy atom. The van der Waals surface area contributed by atoms with Crippen LogP contribution in [0.15, 0.2) is 57.8 Å². The van der Waals surface area contributed by atoms with Crippen LogP contribution in [-0.4, -0.2) is 19.7 Å². The third-order valence-corrected chi connectivity index (χ3v) is 3.78. The van der Waals surface area contributed by atoms with Gasteiger partial charge in [0.25, 0.3) is 10.0 Å². The Labute approximate surface area is 112 Å². The SMILES string of the molecule is Cc1ccc(S(=O)(=O)/N=C/c2cccc(O)c2)cc1. The fourth-order valence-electron chi connectivity index (χ4n) is 1.51. The van der Waals surface area contributed by atoms with Crippen LogP contribution in [0.4, 0.5) is 0 Å². The summed E-state index contributed by atoms with van der Waals surface area (Å²) in [6.07, 6.45) is 1.22. The topological polar surface area (TPSA) is 66.7 Å². The van der Waals surface area contributed by atoms with E-state index in [4.69, 9.17) is 0 Å².